The highest BCUT2D eigenvalue weighted by atomic mass is 79.9. The summed E-state index contributed by atoms with van der Waals surface area (Å²) in [6, 6.07) is 7.59. The molecule has 2 N–H and O–H groups in total. The van der Waals surface area contributed by atoms with E-state index in [1.165, 1.54) is 35.1 Å². The molecule has 0 radical (unpaired) electrons. The van der Waals surface area contributed by atoms with Crippen molar-refractivity contribution in [3.8, 4) is 0 Å². The average molecular weight is 354 g/mol. The molecule has 21 heavy (non-hydrogen) atoms. The van der Waals surface area contributed by atoms with Crippen molar-refractivity contribution in [2.75, 3.05) is 32.1 Å². The number of nitrogens with two attached hydrogens (primary N) is 1. The fourth-order valence-electron chi connectivity index (χ4n) is 3.06. The molecule has 1 fully saturated rings. The number of likely N-dealkylation sites (N-methyl/N-ethyl adjacent to an activating group) is 2. The molecule has 0 bridgehead atoms. The van der Waals surface area contributed by atoms with Crippen LogP contribution in [0.3, 0.4) is 0 Å². The highest BCUT2D eigenvalue weighted by Gasteiger charge is 2.22. The van der Waals surface area contributed by atoms with Crippen LogP contribution in [0.5, 0.6) is 0 Å². The minimum absolute atomic E-state index is 0.257. The van der Waals surface area contributed by atoms with Gasteiger partial charge in [0.25, 0.3) is 0 Å². The van der Waals surface area contributed by atoms with Crippen LogP contribution >= 0.6 is 15.9 Å². The van der Waals surface area contributed by atoms with Gasteiger partial charge in [-0.2, -0.15) is 0 Å². The second kappa shape index (κ2) is 7.61. The number of nitrogens with zero attached hydrogens (tertiary/aromatic N) is 2. The van der Waals surface area contributed by atoms with Crippen LogP contribution in [0.25, 0.3) is 0 Å². The predicted molar refractivity (Wildman–Crippen MR) is 95.0 cm³/mol. The van der Waals surface area contributed by atoms with E-state index in [2.05, 4.69) is 64.9 Å². The SMILES string of the molecule is CCC(N)Cc1ccc(N(C)CC2CCCN2C)c(Br)c1. The van der Waals surface area contributed by atoms with E-state index in [0.717, 1.165) is 19.4 Å². The summed E-state index contributed by atoms with van der Waals surface area (Å²) in [6.07, 6.45) is 4.60. The van der Waals surface area contributed by atoms with Gasteiger partial charge in [-0.05, 0) is 72.9 Å². The quantitative estimate of drug-likeness (QED) is 0.851. The fourth-order valence-corrected chi connectivity index (χ4v) is 3.79. The van der Waals surface area contributed by atoms with E-state index < -0.39 is 0 Å². The van der Waals surface area contributed by atoms with Gasteiger partial charge in [0.05, 0.1) is 5.69 Å². The highest BCUT2D eigenvalue weighted by molar-refractivity contribution is 9.10. The third-order valence-electron chi connectivity index (χ3n) is 4.60. The van der Waals surface area contributed by atoms with E-state index in [1.807, 2.05) is 0 Å². The lowest BCUT2D eigenvalue weighted by atomic mass is 10.0. The summed E-state index contributed by atoms with van der Waals surface area (Å²) in [5.41, 5.74) is 8.62. The van der Waals surface area contributed by atoms with Crippen LogP contribution in [0.15, 0.2) is 22.7 Å². The normalized spacial score (nSPS) is 20.7. The fraction of sp³-hybridized carbons (Fsp3) is 0.647. The third kappa shape index (κ3) is 4.44. The molecule has 0 aliphatic carbocycles. The molecule has 1 aromatic carbocycles. The minimum atomic E-state index is 0.257. The molecule has 3 nitrogen and oxygen atoms in total. The van der Waals surface area contributed by atoms with Gasteiger partial charge in [-0.15, -0.1) is 0 Å². The Bertz CT molecular complexity index is 463. The van der Waals surface area contributed by atoms with Crippen molar-refractivity contribution in [3.63, 3.8) is 0 Å². The summed E-state index contributed by atoms with van der Waals surface area (Å²) in [7, 11) is 4.42. The number of likely N-dealkylation sites (tertiary alicyclic amines) is 1. The Morgan fingerprint density at radius 3 is 2.81 bits per heavy atom. The molecule has 0 saturated carbocycles. The molecule has 2 unspecified atom stereocenters. The van der Waals surface area contributed by atoms with Gasteiger partial charge in [0.15, 0.2) is 0 Å². The number of rotatable bonds is 6. The smallest absolute Gasteiger partial charge is 0.0508 e. The van der Waals surface area contributed by atoms with Gasteiger partial charge in [-0.25, -0.2) is 0 Å². The third-order valence-corrected chi connectivity index (χ3v) is 5.24. The zero-order chi connectivity index (χ0) is 15.4. The lowest BCUT2D eigenvalue weighted by molar-refractivity contribution is 0.314. The maximum absolute atomic E-state index is 6.05. The van der Waals surface area contributed by atoms with Crippen LogP contribution in [0.1, 0.15) is 31.7 Å². The Balaban J connectivity index is 2.02. The Morgan fingerprint density at radius 1 is 1.48 bits per heavy atom. The first-order valence-corrected chi connectivity index (χ1v) is 8.76. The molecule has 1 aromatic rings. The molecule has 2 atom stereocenters. The molecule has 1 aliphatic rings. The molecular formula is C17H28BrN3. The van der Waals surface area contributed by atoms with E-state index >= 15 is 0 Å². The number of halogens is 1. The molecule has 1 heterocycles. The average Bonchev–Trinajstić information content (AvgIpc) is 2.84. The molecule has 1 aliphatic heterocycles. The summed E-state index contributed by atoms with van der Waals surface area (Å²) in [5.74, 6) is 0. The van der Waals surface area contributed by atoms with Crippen molar-refractivity contribution < 1.29 is 0 Å². The largest absolute Gasteiger partial charge is 0.372 e. The lowest BCUT2D eigenvalue weighted by Crippen LogP contribution is -2.36. The van der Waals surface area contributed by atoms with E-state index in [9.17, 15) is 0 Å². The number of hydrogen-bond acceptors (Lipinski definition) is 3. The first kappa shape index (κ1) is 16.8. The van der Waals surface area contributed by atoms with Crippen molar-refractivity contribution >= 4 is 21.6 Å². The lowest BCUT2D eigenvalue weighted by Gasteiger charge is -2.28. The van der Waals surface area contributed by atoms with Crippen LogP contribution in [-0.4, -0.2) is 44.2 Å². The van der Waals surface area contributed by atoms with Crippen LogP contribution in [0.4, 0.5) is 5.69 Å². The molecule has 2 rings (SSSR count). The van der Waals surface area contributed by atoms with Crippen molar-refractivity contribution in [2.24, 2.45) is 5.73 Å². The molecule has 4 heteroatoms. The van der Waals surface area contributed by atoms with Crippen LogP contribution in [-0.2, 0) is 6.42 Å². The topological polar surface area (TPSA) is 32.5 Å². The van der Waals surface area contributed by atoms with Gasteiger partial charge < -0.3 is 15.5 Å². The van der Waals surface area contributed by atoms with Gasteiger partial charge in [0.1, 0.15) is 0 Å². The van der Waals surface area contributed by atoms with Crippen molar-refractivity contribution in [3.05, 3.63) is 28.2 Å². The summed E-state index contributed by atoms with van der Waals surface area (Å²) in [5, 5.41) is 0. The first-order valence-electron chi connectivity index (χ1n) is 7.96. The predicted octanol–water partition coefficient (Wildman–Crippen LogP) is 3.26. The summed E-state index contributed by atoms with van der Waals surface area (Å²) >= 11 is 3.73. The van der Waals surface area contributed by atoms with Gasteiger partial charge in [-0.3, -0.25) is 0 Å². The standard InChI is InChI=1S/C17H28BrN3/c1-4-14(19)10-13-7-8-17(16(18)11-13)21(3)12-15-6-5-9-20(15)2/h7-8,11,14-15H,4-6,9-10,12,19H2,1-3H3. The first-order chi connectivity index (χ1) is 10.0. The van der Waals surface area contributed by atoms with E-state index in [0.29, 0.717) is 6.04 Å². The van der Waals surface area contributed by atoms with Gasteiger partial charge in [-0.1, -0.05) is 13.0 Å². The Labute approximate surface area is 137 Å². The van der Waals surface area contributed by atoms with Gasteiger partial charge >= 0.3 is 0 Å². The molecule has 0 amide bonds. The van der Waals surface area contributed by atoms with Gasteiger partial charge in [0, 0.05) is 30.1 Å². The van der Waals surface area contributed by atoms with E-state index in [1.54, 1.807) is 0 Å². The number of benzene rings is 1. The Hall–Kier alpha value is -0.580. The summed E-state index contributed by atoms with van der Waals surface area (Å²) < 4.78 is 1.17. The summed E-state index contributed by atoms with van der Waals surface area (Å²) in [4.78, 5) is 4.83. The maximum Gasteiger partial charge on any atom is 0.0508 e. The minimum Gasteiger partial charge on any atom is -0.372 e. The second-order valence-corrected chi connectivity index (χ2v) is 7.17. The molecule has 0 spiro atoms. The monoisotopic (exact) mass is 353 g/mol. The molecular weight excluding hydrogens is 326 g/mol. The Kier molecular flexibility index (Phi) is 6.08. The van der Waals surface area contributed by atoms with E-state index in [4.69, 9.17) is 5.73 Å². The van der Waals surface area contributed by atoms with Crippen molar-refractivity contribution in [1.82, 2.24) is 4.90 Å². The zero-order valence-corrected chi connectivity index (χ0v) is 15.1. The second-order valence-electron chi connectivity index (χ2n) is 6.32. The van der Waals surface area contributed by atoms with Crippen LogP contribution < -0.4 is 10.6 Å². The highest BCUT2D eigenvalue weighted by Crippen LogP contribution is 2.28. The molecule has 118 valence electrons. The summed E-state index contributed by atoms with van der Waals surface area (Å²) in [6.45, 7) is 4.45. The molecule has 1 saturated heterocycles. The number of anilines is 1. The van der Waals surface area contributed by atoms with E-state index in [-0.39, 0.29) is 6.04 Å². The van der Waals surface area contributed by atoms with Crippen LogP contribution in [0, 0.1) is 0 Å². The Morgan fingerprint density at radius 2 is 2.24 bits per heavy atom. The van der Waals surface area contributed by atoms with Crippen LogP contribution in [0.2, 0.25) is 0 Å². The van der Waals surface area contributed by atoms with Gasteiger partial charge in [0.2, 0.25) is 0 Å². The molecule has 0 aromatic heterocycles. The zero-order valence-electron chi connectivity index (χ0n) is 13.5. The van der Waals surface area contributed by atoms with Crippen molar-refractivity contribution in [1.29, 1.82) is 0 Å². The maximum atomic E-state index is 6.05. The van der Waals surface area contributed by atoms with Crippen molar-refractivity contribution in [2.45, 2.75) is 44.7 Å². The number of hydrogen-bond donors (Lipinski definition) is 1.